The molecule has 1 fully saturated rings. The van der Waals surface area contributed by atoms with E-state index in [9.17, 15) is 0 Å². The molecule has 1 saturated carbocycles. The molecule has 19 heavy (non-hydrogen) atoms. The molecule has 2 nitrogen and oxygen atoms in total. The fraction of sp³-hybridized carbons (Fsp3) is 0.750. The smallest absolute Gasteiger partial charge is 0.0675 e. The van der Waals surface area contributed by atoms with Gasteiger partial charge in [0, 0.05) is 18.0 Å². The lowest BCUT2D eigenvalue weighted by molar-refractivity contribution is -0.0384. The summed E-state index contributed by atoms with van der Waals surface area (Å²) in [5, 5.41) is 5.61. The quantitative estimate of drug-likeness (QED) is 0.849. The first-order valence-corrected chi connectivity index (χ1v) is 8.41. The Morgan fingerprint density at radius 2 is 2.21 bits per heavy atom. The Kier molecular flexibility index (Phi) is 5.86. The molecule has 4 atom stereocenters. The standard InChI is InChI=1S/C16H27NOS/c1-12-6-7-15(9-13(12)2)18-14(3)10-17-11-16-5-4-8-19-16/h4-5,8,12-15,17H,6-7,9-11H2,1-3H3. The summed E-state index contributed by atoms with van der Waals surface area (Å²) in [7, 11) is 0. The minimum absolute atomic E-state index is 0.311. The van der Waals surface area contributed by atoms with Crippen molar-refractivity contribution in [3.05, 3.63) is 22.4 Å². The zero-order valence-corrected chi connectivity index (χ0v) is 13.2. The lowest BCUT2D eigenvalue weighted by Crippen LogP contribution is -2.33. The van der Waals surface area contributed by atoms with E-state index in [1.54, 1.807) is 0 Å². The summed E-state index contributed by atoms with van der Waals surface area (Å²) in [4.78, 5) is 1.40. The molecule has 108 valence electrons. The van der Waals surface area contributed by atoms with Gasteiger partial charge in [0.25, 0.3) is 0 Å². The van der Waals surface area contributed by atoms with Crippen molar-refractivity contribution in [1.29, 1.82) is 0 Å². The van der Waals surface area contributed by atoms with Gasteiger partial charge in [-0.25, -0.2) is 0 Å². The van der Waals surface area contributed by atoms with Crippen LogP contribution in [0.5, 0.6) is 0 Å². The molecule has 1 aromatic heterocycles. The maximum atomic E-state index is 6.17. The van der Waals surface area contributed by atoms with Gasteiger partial charge in [-0.2, -0.15) is 0 Å². The molecule has 0 saturated heterocycles. The van der Waals surface area contributed by atoms with Gasteiger partial charge in [0.1, 0.15) is 0 Å². The predicted molar refractivity (Wildman–Crippen MR) is 82.5 cm³/mol. The minimum Gasteiger partial charge on any atom is -0.374 e. The van der Waals surface area contributed by atoms with Crippen LogP contribution in [0.3, 0.4) is 0 Å². The molecule has 1 N–H and O–H groups in total. The van der Waals surface area contributed by atoms with Crippen LogP contribution in [0.25, 0.3) is 0 Å². The summed E-state index contributed by atoms with van der Waals surface area (Å²) in [5.41, 5.74) is 0. The highest BCUT2D eigenvalue weighted by atomic mass is 32.1. The van der Waals surface area contributed by atoms with Crippen LogP contribution in [-0.2, 0) is 11.3 Å². The average Bonchev–Trinajstić information content (AvgIpc) is 2.87. The first-order valence-electron chi connectivity index (χ1n) is 7.53. The largest absolute Gasteiger partial charge is 0.374 e. The monoisotopic (exact) mass is 281 g/mol. The summed E-state index contributed by atoms with van der Waals surface area (Å²) in [6.45, 7) is 8.82. The third-order valence-corrected chi connectivity index (χ3v) is 5.16. The first-order chi connectivity index (χ1) is 9.15. The van der Waals surface area contributed by atoms with Crippen molar-refractivity contribution in [3.63, 3.8) is 0 Å². The number of hydrogen-bond donors (Lipinski definition) is 1. The van der Waals surface area contributed by atoms with Crippen molar-refractivity contribution >= 4 is 11.3 Å². The fourth-order valence-electron chi connectivity index (χ4n) is 2.81. The third kappa shape index (κ3) is 4.90. The molecule has 4 unspecified atom stereocenters. The number of ether oxygens (including phenoxy) is 1. The summed E-state index contributed by atoms with van der Waals surface area (Å²) in [5.74, 6) is 1.68. The van der Waals surface area contributed by atoms with E-state index in [4.69, 9.17) is 4.74 Å². The van der Waals surface area contributed by atoms with Gasteiger partial charge in [-0.05, 0) is 49.5 Å². The maximum Gasteiger partial charge on any atom is 0.0675 e. The molecule has 0 radical (unpaired) electrons. The van der Waals surface area contributed by atoms with Gasteiger partial charge in [0.05, 0.1) is 12.2 Å². The molecule has 1 aliphatic rings. The molecule has 0 spiro atoms. The molecular formula is C16H27NOS. The highest BCUT2D eigenvalue weighted by Crippen LogP contribution is 2.31. The van der Waals surface area contributed by atoms with Crippen LogP contribution >= 0.6 is 11.3 Å². The molecule has 0 bridgehead atoms. The van der Waals surface area contributed by atoms with Crippen LogP contribution in [0.2, 0.25) is 0 Å². The average molecular weight is 281 g/mol. The van der Waals surface area contributed by atoms with Crippen LogP contribution in [0.4, 0.5) is 0 Å². The van der Waals surface area contributed by atoms with Crippen LogP contribution in [0.1, 0.15) is 44.9 Å². The molecule has 2 rings (SSSR count). The zero-order chi connectivity index (χ0) is 13.7. The Morgan fingerprint density at radius 3 is 2.89 bits per heavy atom. The van der Waals surface area contributed by atoms with Gasteiger partial charge in [0.15, 0.2) is 0 Å². The molecule has 1 aromatic rings. The molecule has 1 heterocycles. The molecule has 1 aliphatic carbocycles. The van der Waals surface area contributed by atoms with Gasteiger partial charge < -0.3 is 10.1 Å². The Bertz CT molecular complexity index is 352. The second kappa shape index (κ2) is 7.41. The highest BCUT2D eigenvalue weighted by molar-refractivity contribution is 7.09. The van der Waals surface area contributed by atoms with Crippen molar-refractivity contribution in [2.24, 2.45) is 11.8 Å². The minimum atomic E-state index is 0.311. The Morgan fingerprint density at radius 1 is 1.37 bits per heavy atom. The van der Waals surface area contributed by atoms with Crippen molar-refractivity contribution in [2.45, 2.75) is 58.8 Å². The Labute approximate surface area is 121 Å². The number of nitrogens with one attached hydrogen (secondary N) is 1. The van der Waals surface area contributed by atoms with Gasteiger partial charge >= 0.3 is 0 Å². The Balaban J connectivity index is 1.62. The summed E-state index contributed by atoms with van der Waals surface area (Å²) >= 11 is 1.81. The molecule has 3 heteroatoms. The first kappa shape index (κ1) is 15.0. The van der Waals surface area contributed by atoms with E-state index < -0.39 is 0 Å². The lowest BCUT2D eigenvalue weighted by atomic mass is 9.80. The second-order valence-corrected chi connectivity index (χ2v) is 7.08. The van der Waals surface area contributed by atoms with E-state index in [1.165, 1.54) is 24.1 Å². The van der Waals surface area contributed by atoms with Crippen LogP contribution in [-0.4, -0.2) is 18.8 Å². The highest BCUT2D eigenvalue weighted by Gasteiger charge is 2.25. The van der Waals surface area contributed by atoms with Crippen molar-refractivity contribution in [3.8, 4) is 0 Å². The van der Waals surface area contributed by atoms with Gasteiger partial charge in [-0.15, -0.1) is 11.3 Å². The van der Waals surface area contributed by atoms with Gasteiger partial charge in [-0.3, -0.25) is 0 Å². The van der Waals surface area contributed by atoms with E-state index >= 15 is 0 Å². The second-order valence-electron chi connectivity index (χ2n) is 6.05. The summed E-state index contributed by atoms with van der Waals surface area (Å²) < 4.78 is 6.17. The van der Waals surface area contributed by atoms with E-state index in [0.29, 0.717) is 12.2 Å². The molecule has 0 aliphatic heterocycles. The van der Waals surface area contributed by atoms with E-state index in [0.717, 1.165) is 24.9 Å². The third-order valence-electron chi connectivity index (χ3n) is 4.29. The van der Waals surface area contributed by atoms with E-state index in [2.05, 4.69) is 43.6 Å². The SMILES string of the molecule is CC(CNCc1cccs1)OC1CCC(C)C(C)C1. The van der Waals surface area contributed by atoms with Crippen molar-refractivity contribution < 1.29 is 4.74 Å². The number of rotatable bonds is 6. The van der Waals surface area contributed by atoms with Crippen molar-refractivity contribution in [1.82, 2.24) is 5.32 Å². The topological polar surface area (TPSA) is 21.3 Å². The van der Waals surface area contributed by atoms with Crippen molar-refractivity contribution in [2.75, 3.05) is 6.54 Å². The van der Waals surface area contributed by atoms with Crippen LogP contribution in [0.15, 0.2) is 17.5 Å². The van der Waals surface area contributed by atoms with Crippen LogP contribution < -0.4 is 5.32 Å². The van der Waals surface area contributed by atoms with E-state index in [1.807, 2.05) is 11.3 Å². The van der Waals surface area contributed by atoms with Gasteiger partial charge in [0.2, 0.25) is 0 Å². The summed E-state index contributed by atoms with van der Waals surface area (Å²) in [6, 6.07) is 4.28. The fourth-order valence-corrected chi connectivity index (χ4v) is 3.48. The maximum absolute atomic E-state index is 6.17. The van der Waals surface area contributed by atoms with Crippen LogP contribution in [0, 0.1) is 11.8 Å². The number of hydrogen-bond acceptors (Lipinski definition) is 3. The Hall–Kier alpha value is -0.380. The van der Waals surface area contributed by atoms with E-state index in [-0.39, 0.29) is 0 Å². The lowest BCUT2D eigenvalue weighted by Gasteiger charge is -2.33. The predicted octanol–water partition coefficient (Wildman–Crippen LogP) is 4.07. The summed E-state index contributed by atoms with van der Waals surface area (Å²) in [6.07, 6.45) is 4.58. The normalized spacial score (nSPS) is 29.3. The van der Waals surface area contributed by atoms with Gasteiger partial charge in [-0.1, -0.05) is 19.9 Å². The molecule has 0 aromatic carbocycles. The zero-order valence-electron chi connectivity index (χ0n) is 12.4. The number of thiophene rings is 1. The molecule has 0 amide bonds. The molecular weight excluding hydrogens is 254 g/mol.